The number of amides is 2. The van der Waals surface area contributed by atoms with Crippen molar-refractivity contribution in [3.8, 4) is 17.2 Å². The first-order valence-electron chi connectivity index (χ1n) is 9.61. The molecule has 0 bridgehead atoms. The zero-order valence-electron chi connectivity index (χ0n) is 17.2. The molecule has 0 radical (unpaired) electrons. The van der Waals surface area contributed by atoms with Crippen LogP contribution in [0.4, 0.5) is 11.4 Å². The number of nitrogens with zero attached hydrogens (tertiary/aromatic N) is 1. The maximum Gasteiger partial charge on any atom is 0.256 e. The third-order valence-electron chi connectivity index (χ3n) is 4.59. The lowest BCUT2D eigenvalue weighted by atomic mass is 9.95. The van der Waals surface area contributed by atoms with Gasteiger partial charge in [-0.3, -0.25) is 9.59 Å². The Bertz CT molecular complexity index is 1120. The highest BCUT2D eigenvalue weighted by atomic mass is 16.2. The molecule has 0 unspecified atom stereocenters. The number of rotatable bonds is 4. The highest BCUT2D eigenvalue weighted by Gasteiger charge is 2.21. The lowest BCUT2D eigenvalue weighted by molar-refractivity contribution is -0.123. The number of benzene rings is 3. The second kappa shape index (κ2) is 8.62. The molecular weight excluding hydrogens is 374 g/mol. The van der Waals surface area contributed by atoms with Gasteiger partial charge < -0.3 is 10.6 Å². The second-order valence-electron chi connectivity index (χ2n) is 7.94. The van der Waals surface area contributed by atoms with E-state index in [1.807, 2.05) is 45.0 Å². The summed E-state index contributed by atoms with van der Waals surface area (Å²) >= 11 is 0. The molecule has 5 nitrogen and oxygen atoms in total. The summed E-state index contributed by atoms with van der Waals surface area (Å²) in [6, 6.07) is 23.5. The minimum absolute atomic E-state index is 0.0793. The Kier molecular flexibility index (Phi) is 5.98. The fraction of sp³-hybridized carbons (Fsp3) is 0.160. The Balaban J connectivity index is 1.81. The molecule has 0 atom stereocenters. The van der Waals surface area contributed by atoms with E-state index in [9.17, 15) is 14.9 Å². The van der Waals surface area contributed by atoms with Gasteiger partial charge in [-0.25, -0.2) is 0 Å². The van der Waals surface area contributed by atoms with Gasteiger partial charge in [-0.15, -0.1) is 0 Å². The molecule has 2 amide bonds. The van der Waals surface area contributed by atoms with Crippen LogP contribution in [0.1, 0.15) is 36.7 Å². The summed E-state index contributed by atoms with van der Waals surface area (Å²) < 4.78 is 0. The van der Waals surface area contributed by atoms with Crippen molar-refractivity contribution >= 4 is 23.2 Å². The summed E-state index contributed by atoms with van der Waals surface area (Å²) in [6.07, 6.45) is 0. The normalized spacial score (nSPS) is 10.7. The average molecular weight is 397 g/mol. The number of hydrogen-bond donors (Lipinski definition) is 2. The summed E-state index contributed by atoms with van der Waals surface area (Å²) in [6.45, 7) is 5.54. The van der Waals surface area contributed by atoms with Crippen LogP contribution in [0.2, 0.25) is 0 Å². The second-order valence-corrected chi connectivity index (χ2v) is 7.94. The summed E-state index contributed by atoms with van der Waals surface area (Å²) in [5.74, 6) is -0.353. The molecule has 0 aliphatic carbocycles. The molecule has 30 heavy (non-hydrogen) atoms. The predicted molar refractivity (Wildman–Crippen MR) is 119 cm³/mol. The Morgan fingerprint density at radius 2 is 1.30 bits per heavy atom. The average Bonchev–Trinajstić information content (AvgIpc) is 2.74. The maximum atomic E-state index is 12.9. The van der Waals surface area contributed by atoms with E-state index in [2.05, 4.69) is 16.7 Å². The van der Waals surface area contributed by atoms with Crippen molar-refractivity contribution < 1.29 is 9.59 Å². The van der Waals surface area contributed by atoms with Gasteiger partial charge in [-0.05, 0) is 42.0 Å². The zero-order valence-corrected chi connectivity index (χ0v) is 17.2. The molecule has 0 aliphatic heterocycles. The quantitative estimate of drug-likeness (QED) is 0.613. The van der Waals surface area contributed by atoms with E-state index in [1.165, 1.54) is 0 Å². The molecule has 3 rings (SSSR count). The Labute approximate surface area is 176 Å². The fourth-order valence-electron chi connectivity index (χ4n) is 2.89. The number of anilines is 2. The Morgan fingerprint density at radius 3 is 1.90 bits per heavy atom. The summed E-state index contributed by atoms with van der Waals surface area (Å²) in [5, 5.41) is 15.1. The highest BCUT2D eigenvalue weighted by Crippen LogP contribution is 2.28. The molecule has 0 saturated heterocycles. The van der Waals surface area contributed by atoms with Crippen LogP contribution in [-0.4, -0.2) is 11.8 Å². The molecule has 0 fully saturated rings. The monoisotopic (exact) mass is 397 g/mol. The third-order valence-corrected chi connectivity index (χ3v) is 4.59. The van der Waals surface area contributed by atoms with Crippen LogP contribution < -0.4 is 10.6 Å². The van der Waals surface area contributed by atoms with Crippen LogP contribution in [0.5, 0.6) is 0 Å². The molecule has 2 N–H and O–H groups in total. The van der Waals surface area contributed by atoms with Crippen molar-refractivity contribution in [2.24, 2.45) is 5.41 Å². The minimum Gasteiger partial charge on any atom is -0.326 e. The van der Waals surface area contributed by atoms with Crippen molar-refractivity contribution in [2.45, 2.75) is 20.8 Å². The van der Waals surface area contributed by atoms with Crippen LogP contribution in [0.15, 0.2) is 72.8 Å². The van der Waals surface area contributed by atoms with Gasteiger partial charge in [-0.2, -0.15) is 5.26 Å². The van der Waals surface area contributed by atoms with E-state index in [4.69, 9.17) is 0 Å². The van der Waals surface area contributed by atoms with E-state index in [0.29, 0.717) is 33.6 Å². The van der Waals surface area contributed by atoms with E-state index in [1.54, 1.807) is 48.5 Å². The molecular formula is C25H23N3O2. The van der Waals surface area contributed by atoms with Crippen molar-refractivity contribution in [3.05, 3.63) is 83.9 Å². The van der Waals surface area contributed by atoms with E-state index >= 15 is 0 Å². The lowest BCUT2D eigenvalue weighted by Crippen LogP contribution is -2.27. The standard InChI is InChI=1S/C25H23N3O2/c1-25(2,3)24(30)28-19-14-12-18(13-15-19)27-23(29)22-11-7-6-10-21(22)20-9-5-4-8-17(20)16-26/h4-15H,1-3H3,(H,27,29)(H,28,30). The first-order valence-corrected chi connectivity index (χ1v) is 9.61. The molecule has 3 aromatic carbocycles. The van der Waals surface area contributed by atoms with Gasteiger partial charge in [0.15, 0.2) is 0 Å². The number of hydrogen-bond acceptors (Lipinski definition) is 3. The first kappa shape index (κ1) is 20.8. The molecule has 0 spiro atoms. The van der Waals surface area contributed by atoms with Crippen LogP contribution in [-0.2, 0) is 4.79 Å². The SMILES string of the molecule is CC(C)(C)C(=O)Nc1ccc(NC(=O)c2ccccc2-c2ccccc2C#N)cc1. The Hall–Kier alpha value is -3.91. The largest absolute Gasteiger partial charge is 0.326 e. The molecule has 5 heteroatoms. The van der Waals surface area contributed by atoms with Crippen molar-refractivity contribution in [1.29, 1.82) is 5.26 Å². The number of nitrogens with one attached hydrogen (secondary N) is 2. The van der Waals surface area contributed by atoms with Gasteiger partial charge >= 0.3 is 0 Å². The van der Waals surface area contributed by atoms with Crippen molar-refractivity contribution in [3.63, 3.8) is 0 Å². The molecule has 3 aromatic rings. The van der Waals surface area contributed by atoms with Crippen LogP contribution in [0, 0.1) is 16.7 Å². The highest BCUT2D eigenvalue weighted by molar-refractivity contribution is 6.09. The molecule has 0 aromatic heterocycles. The number of carbonyl (C=O) groups is 2. The van der Waals surface area contributed by atoms with E-state index < -0.39 is 5.41 Å². The van der Waals surface area contributed by atoms with Gasteiger partial charge in [0, 0.05) is 27.9 Å². The summed E-state index contributed by atoms with van der Waals surface area (Å²) in [5.41, 5.74) is 3.18. The predicted octanol–water partition coefficient (Wildman–Crippen LogP) is 5.46. The molecule has 0 aliphatic rings. The summed E-state index contributed by atoms with van der Waals surface area (Å²) in [4.78, 5) is 25.0. The molecule has 0 saturated carbocycles. The van der Waals surface area contributed by atoms with Crippen molar-refractivity contribution in [2.75, 3.05) is 10.6 Å². The number of nitriles is 1. The first-order chi connectivity index (χ1) is 14.3. The molecule has 0 heterocycles. The molecule has 150 valence electrons. The zero-order chi connectivity index (χ0) is 21.7. The van der Waals surface area contributed by atoms with Crippen LogP contribution in [0.3, 0.4) is 0 Å². The van der Waals surface area contributed by atoms with Gasteiger partial charge in [-0.1, -0.05) is 57.2 Å². The lowest BCUT2D eigenvalue weighted by Gasteiger charge is -2.17. The van der Waals surface area contributed by atoms with E-state index in [-0.39, 0.29) is 11.8 Å². The maximum absolute atomic E-state index is 12.9. The van der Waals surface area contributed by atoms with E-state index in [0.717, 1.165) is 0 Å². The summed E-state index contributed by atoms with van der Waals surface area (Å²) in [7, 11) is 0. The minimum atomic E-state index is -0.490. The smallest absolute Gasteiger partial charge is 0.256 e. The van der Waals surface area contributed by atoms with Crippen molar-refractivity contribution in [1.82, 2.24) is 0 Å². The van der Waals surface area contributed by atoms with Gasteiger partial charge in [0.25, 0.3) is 5.91 Å². The third kappa shape index (κ3) is 4.73. The topological polar surface area (TPSA) is 82.0 Å². The van der Waals surface area contributed by atoms with Gasteiger partial charge in [0.1, 0.15) is 0 Å². The number of carbonyl (C=O) groups excluding carboxylic acids is 2. The van der Waals surface area contributed by atoms with Gasteiger partial charge in [0.05, 0.1) is 11.6 Å². The fourth-order valence-corrected chi connectivity index (χ4v) is 2.89. The Morgan fingerprint density at radius 1 is 0.767 bits per heavy atom. The van der Waals surface area contributed by atoms with Crippen LogP contribution in [0.25, 0.3) is 11.1 Å². The van der Waals surface area contributed by atoms with Crippen LogP contribution >= 0.6 is 0 Å². The van der Waals surface area contributed by atoms with Gasteiger partial charge in [0.2, 0.25) is 5.91 Å².